The normalized spacial score (nSPS) is 17.1. The molecule has 0 spiro atoms. The number of aromatic nitrogens is 2. The van der Waals surface area contributed by atoms with Gasteiger partial charge in [-0.3, -0.25) is 14.4 Å². The van der Waals surface area contributed by atoms with Gasteiger partial charge in [0.15, 0.2) is 0 Å². The molecule has 2 aromatic rings. The topological polar surface area (TPSA) is 53.4 Å². The summed E-state index contributed by atoms with van der Waals surface area (Å²) in [5, 5.41) is 8.08. The van der Waals surface area contributed by atoms with Gasteiger partial charge in [-0.05, 0) is 6.42 Å². The Kier molecular flexibility index (Phi) is 8.31. The number of aryl methyl sites for hydroxylation is 1. The van der Waals surface area contributed by atoms with Crippen molar-refractivity contribution in [1.82, 2.24) is 24.9 Å². The van der Waals surface area contributed by atoms with Crippen molar-refractivity contribution in [3.63, 3.8) is 0 Å². The van der Waals surface area contributed by atoms with Gasteiger partial charge in [0.25, 0.3) is 0 Å². The predicted molar refractivity (Wildman–Crippen MR) is 116 cm³/mol. The van der Waals surface area contributed by atoms with Crippen molar-refractivity contribution in [3.05, 3.63) is 41.6 Å². The minimum Gasteiger partial charge on any atom is -0.339 e. The average molecular weight is 426 g/mol. The van der Waals surface area contributed by atoms with Crippen LogP contribution in [0.3, 0.4) is 0 Å². The number of fused-ring (bicyclic) bond motifs is 1. The highest BCUT2D eigenvalue weighted by molar-refractivity contribution is 5.85. The van der Waals surface area contributed by atoms with E-state index in [0.717, 1.165) is 52.1 Å². The zero-order valence-corrected chi connectivity index (χ0v) is 17.9. The number of nitrogens with one attached hydrogen (secondary N) is 1. The Hall–Kier alpha value is -1.60. The van der Waals surface area contributed by atoms with E-state index in [1.54, 1.807) is 0 Å². The first-order valence-electron chi connectivity index (χ1n) is 9.53. The first kappa shape index (κ1) is 22.7. The molecule has 4 rings (SSSR count). The molecule has 0 radical (unpaired) electrons. The predicted octanol–water partition coefficient (Wildman–Crippen LogP) is 1.76. The van der Waals surface area contributed by atoms with E-state index in [4.69, 9.17) is 5.10 Å². The van der Waals surface area contributed by atoms with Gasteiger partial charge >= 0.3 is 0 Å². The zero-order valence-electron chi connectivity index (χ0n) is 16.3. The standard InChI is InChI=1S/C20H27N5O.2ClH/c1-23-20(16-5-3-2-4-6-16)17-7-11-24(12-8-18(17)22-23)15-19(26)25-13-9-21-10-14-25;;/h2-6,21H,7-15H2,1H3;2*1H. The maximum absolute atomic E-state index is 12.6. The third-order valence-electron chi connectivity index (χ3n) is 5.45. The number of amides is 1. The van der Waals surface area contributed by atoms with E-state index >= 15 is 0 Å². The summed E-state index contributed by atoms with van der Waals surface area (Å²) in [6, 6.07) is 10.5. The maximum atomic E-state index is 12.6. The summed E-state index contributed by atoms with van der Waals surface area (Å²) in [5.74, 6) is 0.259. The summed E-state index contributed by atoms with van der Waals surface area (Å²) in [4.78, 5) is 16.8. The number of benzene rings is 1. The van der Waals surface area contributed by atoms with Crippen LogP contribution in [0.25, 0.3) is 11.3 Å². The fraction of sp³-hybridized carbons (Fsp3) is 0.500. The van der Waals surface area contributed by atoms with Crippen molar-refractivity contribution in [2.45, 2.75) is 12.8 Å². The first-order chi connectivity index (χ1) is 12.7. The molecule has 0 unspecified atom stereocenters. The van der Waals surface area contributed by atoms with Gasteiger partial charge in [-0.2, -0.15) is 5.10 Å². The number of hydrogen-bond donors (Lipinski definition) is 1. The lowest BCUT2D eigenvalue weighted by Gasteiger charge is -2.30. The van der Waals surface area contributed by atoms with Gasteiger partial charge in [0, 0.05) is 63.9 Å². The molecule has 2 aliphatic heterocycles. The molecule has 1 fully saturated rings. The van der Waals surface area contributed by atoms with Crippen molar-refractivity contribution in [3.8, 4) is 11.3 Å². The molecule has 1 saturated heterocycles. The third-order valence-corrected chi connectivity index (χ3v) is 5.45. The minimum atomic E-state index is 0. The molecule has 0 bridgehead atoms. The molecule has 0 aliphatic carbocycles. The molecule has 1 N–H and O–H groups in total. The molecule has 2 aliphatic rings. The Labute approximate surface area is 179 Å². The number of piperazine rings is 1. The van der Waals surface area contributed by atoms with Crippen LogP contribution in [0.1, 0.15) is 11.3 Å². The summed E-state index contributed by atoms with van der Waals surface area (Å²) in [5.41, 5.74) is 4.96. The number of carbonyl (C=O) groups excluding carboxylic acids is 1. The number of rotatable bonds is 3. The van der Waals surface area contributed by atoms with Gasteiger partial charge in [-0.15, -0.1) is 24.8 Å². The van der Waals surface area contributed by atoms with E-state index in [9.17, 15) is 4.79 Å². The summed E-state index contributed by atoms with van der Waals surface area (Å²) < 4.78 is 2.02. The molecule has 0 atom stereocenters. The highest BCUT2D eigenvalue weighted by atomic mass is 35.5. The second-order valence-electron chi connectivity index (χ2n) is 7.17. The van der Waals surface area contributed by atoms with Gasteiger partial charge in [0.2, 0.25) is 5.91 Å². The lowest BCUT2D eigenvalue weighted by atomic mass is 10.0. The smallest absolute Gasteiger partial charge is 0.236 e. The van der Waals surface area contributed by atoms with Crippen molar-refractivity contribution in [1.29, 1.82) is 0 Å². The molecule has 8 heteroatoms. The highest BCUT2D eigenvalue weighted by Crippen LogP contribution is 2.28. The van der Waals surface area contributed by atoms with E-state index in [0.29, 0.717) is 6.54 Å². The van der Waals surface area contributed by atoms with E-state index < -0.39 is 0 Å². The van der Waals surface area contributed by atoms with Gasteiger partial charge in [-0.1, -0.05) is 30.3 Å². The van der Waals surface area contributed by atoms with E-state index in [2.05, 4.69) is 34.5 Å². The van der Waals surface area contributed by atoms with Gasteiger partial charge in [0.05, 0.1) is 17.9 Å². The first-order valence-corrected chi connectivity index (χ1v) is 9.53. The lowest BCUT2D eigenvalue weighted by Crippen LogP contribution is -2.49. The zero-order chi connectivity index (χ0) is 17.9. The Bertz CT molecular complexity index is 774. The molecule has 1 aromatic carbocycles. The fourth-order valence-corrected chi connectivity index (χ4v) is 4.05. The van der Waals surface area contributed by atoms with E-state index in [-0.39, 0.29) is 30.7 Å². The Morgan fingerprint density at radius 3 is 2.43 bits per heavy atom. The van der Waals surface area contributed by atoms with E-state index in [1.807, 2.05) is 22.7 Å². The number of hydrogen-bond acceptors (Lipinski definition) is 4. The number of halogens is 2. The lowest BCUT2D eigenvalue weighted by molar-refractivity contribution is -0.133. The Morgan fingerprint density at radius 2 is 1.71 bits per heavy atom. The second kappa shape index (κ2) is 10.3. The molecule has 28 heavy (non-hydrogen) atoms. The molecular formula is C20H29Cl2N5O. The van der Waals surface area contributed by atoms with Crippen LogP contribution in [-0.2, 0) is 24.7 Å². The summed E-state index contributed by atoms with van der Waals surface area (Å²) in [6.45, 7) is 5.80. The molecule has 1 amide bonds. The van der Waals surface area contributed by atoms with Crippen molar-refractivity contribution in [2.24, 2.45) is 7.05 Å². The van der Waals surface area contributed by atoms with Gasteiger partial charge in [0.1, 0.15) is 0 Å². The van der Waals surface area contributed by atoms with Crippen molar-refractivity contribution >= 4 is 30.7 Å². The molecular weight excluding hydrogens is 397 g/mol. The van der Waals surface area contributed by atoms with Crippen LogP contribution in [-0.4, -0.2) is 71.3 Å². The van der Waals surface area contributed by atoms with Crippen molar-refractivity contribution in [2.75, 3.05) is 45.8 Å². The fourth-order valence-electron chi connectivity index (χ4n) is 4.05. The minimum absolute atomic E-state index is 0. The summed E-state index contributed by atoms with van der Waals surface area (Å²) >= 11 is 0. The van der Waals surface area contributed by atoms with Crippen LogP contribution < -0.4 is 5.32 Å². The Balaban J connectivity index is 0.00000140. The molecule has 6 nitrogen and oxygen atoms in total. The molecule has 0 saturated carbocycles. The van der Waals surface area contributed by atoms with Crippen LogP contribution in [0.4, 0.5) is 0 Å². The van der Waals surface area contributed by atoms with Crippen LogP contribution in [0, 0.1) is 0 Å². The summed E-state index contributed by atoms with van der Waals surface area (Å²) in [7, 11) is 2.03. The Morgan fingerprint density at radius 1 is 1.04 bits per heavy atom. The maximum Gasteiger partial charge on any atom is 0.236 e. The second-order valence-corrected chi connectivity index (χ2v) is 7.17. The quantitative estimate of drug-likeness (QED) is 0.813. The molecule has 3 heterocycles. The van der Waals surface area contributed by atoms with Crippen LogP contribution >= 0.6 is 24.8 Å². The van der Waals surface area contributed by atoms with E-state index in [1.165, 1.54) is 22.5 Å². The number of carbonyl (C=O) groups is 1. The number of nitrogens with zero attached hydrogens (tertiary/aromatic N) is 4. The van der Waals surface area contributed by atoms with Gasteiger partial charge < -0.3 is 10.2 Å². The summed E-state index contributed by atoms with van der Waals surface area (Å²) in [6.07, 6.45) is 1.85. The largest absolute Gasteiger partial charge is 0.339 e. The van der Waals surface area contributed by atoms with Crippen LogP contribution in [0.15, 0.2) is 30.3 Å². The molecule has 154 valence electrons. The third kappa shape index (κ3) is 4.87. The molecule has 1 aromatic heterocycles. The monoisotopic (exact) mass is 425 g/mol. The van der Waals surface area contributed by atoms with Gasteiger partial charge in [-0.25, -0.2) is 0 Å². The van der Waals surface area contributed by atoms with Crippen LogP contribution in [0.2, 0.25) is 0 Å². The average Bonchev–Trinajstić information content (AvgIpc) is 2.88. The SMILES string of the molecule is Cl.Cl.Cn1nc2c(c1-c1ccccc1)CCN(CC(=O)N1CCNCC1)CC2. The van der Waals surface area contributed by atoms with Crippen molar-refractivity contribution < 1.29 is 4.79 Å². The highest BCUT2D eigenvalue weighted by Gasteiger charge is 2.24. The van der Waals surface area contributed by atoms with Crippen LogP contribution in [0.5, 0.6) is 0 Å².